The van der Waals surface area contributed by atoms with Crippen molar-refractivity contribution in [3.8, 4) is 0 Å². The van der Waals surface area contributed by atoms with Crippen LogP contribution in [0.4, 0.5) is 0 Å². The second-order valence-corrected chi connectivity index (χ2v) is 7.44. The van der Waals surface area contributed by atoms with Crippen LogP contribution in [0.5, 0.6) is 0 Å². The fourth-order valence-electron chi connectivity index (χ4n) is 3.92. The average molecular weight is 385 g/mol. The van der Waals surface area contributed by atoms with E-state index in [9.17, 15) is 9.90 Å². The number of rotatable bonds is 4. The van der Waals surface area contributed by atoms with Gasteiger partial charge in [0.2, 0.25) is 11.7 Å². The Hall–Kier alpha value is -2.21. The third-order valence-electron chi connectivity index (χ3n) is 5.35. The SMILES string of the molecule is NC(C1=N[C@]2(c3ccccc3Cl)CCC[C@H](O1)C2=O)C(O)c1ccccc1. The third kappa shape index (κ3) is 3.06. The highest BCUT2D eigenvalue weighted by Gasteiger charge is 2.52. The molecule has 1 fully saturated rings. The van der Waals surface area contributed by atoms with Gasteiger partial charge < -0.3 is 15.6 Å². The number of fused-ring (bicyclic) bond motifs is 2. The van der Waals surface area contributed by atoms with Crippen LogP contribution >= 0.6 is 11.6 Å². The average Bonchev–Trinajstić information content (AvgIpc) is 2.68. The Bertz CT molecular complexity index is 886. The van der Waals surface area contributed by atoms with Crippen LogP contribution in [-0.4, -0.2) is 28.9 Å². The van der Waals surface area contributed by atoms with Gasteiger partial charge in [-0.3, -0.25) is 4.79 Å². The van der Waals surface area contributed by atoms with E-state index in [0.29, 0.717) is 29.0 Å². The molecule has 1 aliphatic carbocycles. The van der Waals surface area contributed by atoms with E-state index in [4.69, 9.17) is 22.1 Å². The molecule has 1 heterocycles. The molecule has 140 valence electrons. The maximum Gasteiger partial charge on any atom is 0.205 e. The van der Waals surface area contributed by atoms with Crippen molar-refractivity contribution in [1.82, 2.24) is 0 Å². The van der Waals surface area contributed by atoms with Crippen LogP contribution in [-0.2, 0) is 15.1 Å². The maximum absolute atomic E-state index is 13.1. The third-order valence-corrected chi connectivity index (χ3v) is 5.68. The zero-order valence-corrected chi connectivity index (χ0v) is 15.5. The quantitative estimate of drug-likeness (QED) is 0.848. The van der Waals surface area contributed by atoms with Gasteiger partial charge in [0, 0.05) is 10.6 Å². The summed E-state index contributed by atoms with van der Waals surface area (Å²) in [5.41, 5.74) is 6.54. The fraction of sp³-hybridized carbons (Fsp3) is 0.333. The number of ketones is 1. The van der Waals surface area contributed by atoms with Gasteiger partial charge in [0.15, 0.2) is 11.6 Å². The number of carbonyl (C=O) groups is 1. The molecule has 2 unspecified atom stereocenters. The molecule has 2 aromatic carbocycles. The number of carbonyl (C=O) groups excluding carboxylic acids is 1. The lowest BCUT2D eigenvalue weighted by molar-refractivity contribution is -0.137. The smallest absolute Gasteiger partial charge is 0.205 e. The van der Waals surface area contributed by atoms with Crippen LogP contribution in [0.2, 0.25) is 5.02 Å². The summed E-state index contributed by atoms with van der Waals surface area (Å²) in [6.45, 7) is 0. The lowest BCUT2D eigenvalue weighted by atomic mass is 9.73. The van der Waals surface area contributed by atoms with Gasteiger partial charge in [-0.25, -0.2) is 4.99 Å². The number of halogens is 1. The van der Waals surface area contributed by atoms with E-state index in [1.165, 1.54) is 0 Å². The van der Waals surface area contributed by atoms with E-state index in [-0.39, 0.29) is 11.7 Å². The van der Waals surface area contributed by atoms with Crippen molar-refractivity contribution in [1.29, 1.82) is 0 Å². The van der Waals surface area contributed by atoms with E-state index < -0.39 is 23.8 Å². The number of hydrogen-bond acceptors (Lipinski definition) is 5. The summed E-state index contributed by atoms with van der Waals surface area (Å²) in [6, 6.07) is 15.5. The molecule has 1 saturated carbocycles. The molecule has 0 aromatic heterocycles. The Morgan fingerprint density at radius 2 is 1.89 bits per heavy atom. The molecule has 4 rings (SSSR count). The van der Waals surface area contributed by atoms with Crippen LogP contribution in [0.25, 0.3) is 0 Å². The Morgan fingerprint density at radius 1 is 1.19 bits per heavy atom. The first-order chi connectivity index (χ1) is 13.0. The summed E-state index contributed by atoms with van der Waals surface area (Å²) in [5, 5.41) is 11.2. The molecule has 3 N–H and O–H groups in total. The summed E-state index contributed by atoms with van der Waals surface area (Å²) in [6.07, 6.45) is 0.360. The van der Waals surface area contributed by atoms with Gasteiger partial charge in [-0.1, -0.05) is 60.1 Å². The second-order valence-electron chi connectivity index (χ2n) is 7.03. The molecular weight excluding hydrogens is 364 g/mol. The molecule has 4 atom stereocenters. The summed E-state index contributed by atoms with van der Waals surface area (Å²) in [4.78, 5) is 17.8. The van der Waals surface area contributed by atoms with E-state index >= 15 is 0 Å². The Balaban J connectivity index is 1.77. The number of nitrogens with zero attached hydrogens (tertiary/aromatic N) is 1. The fourth-order valence-corrected chi connectivity index (χ4v) is 4.21. The number of Topliss-reactive ketones (excluding diaryl/α,β-unsaturated/α-hetero) is 1. The van der Waals surface area contributed by atoms with E-state index in [1.54, 1.807) is 18.2 Å². The van der Waals surface area contributed by atoms with Crippen LogP contribution < -0.4 is 5.73 Å². The van der Waals surface area contributed by atoms with E-state index in [0.717, 1.165) is 6.42 Å². The van der Waals surface area contributed by atoms with E-state index in [2.05, 4.69) is 4.99 Å². The minimum absolute atomic E-state index is 0.0907. The molecule has 0 amide bonds. The molecule has 2 aromatic rings. The summed E-state index contributed by atoms with van der Waals surface area (Å²) in [7, 11) is 0. The molecule has 0 spiro atoms. The number of nitrogens with two attached hydrogens (primary N) is 1. The summed E-state index contributed by atoms with van der Waals surface area (Å²) >= 11 is 6.41. The number of hydrogen-bond donors (Lipinski definition) is 2. The first-order valence-electron chi connectivity index (χ1n) is 9.07. The van der Waals surface area contributed by atoms with Gasteiger partial charge in [-0.2, -0.15) is 0 Å². The van der Waals surface area contributed by atoms with Crippen molar-refractivity contribution < 1.29 is 14.6 Å². The molecule has 5 nitrogen and oxygen atoms in total. The number of benzene rings is 2. The van der Waals surface area contributed by atoms with Crippen molar-refractivity contribution in [3.63, 3.8) is 0 Å². The highest BCUT2D eigenvalue weighted by Crippen LogP contribution is 2.45. The summed E-state index contributed by atoms with van der Waals surface area (Å²) in [5.74, 6) is 0.113. The van der Waals surface area contributed by atoms with Gasteiger partial charge >= 0.3 is 0 Å². The Labute approximate surface area is 162 Å². The lowest BCUT2D eigenvalue weighted by Gasteiger charge is -2.42. The zero-order valence-electron chi connectivity index (χ0n) is 14.7. The lowest BCUT2D eigenvalue weighted by Crippen LogP contribution is -2.54. The van der Waals surface area contributed by atoms with Crippen molar-refractivity contribution in [2.24, 2.45) is 10.7 Å². The largest absolute Gasteiger partial charge is 0.468 e. The predicted molar refractivity (Wildman–Crippen MR) is 104 cm³/mol. The normalized spacial score (nSPS) is 26.7. The molecule has 6 heteroatoms. The molecule has 27 heavy (non-hydrogen) atoms. The molecule has 2 bridgehead atoms. The van der Waals surface area contributed by atoms with Crippen molar-refractivity contribution in [2.45, 2.75) is 43.1 Å². The van der Waals surface area contributed by atoms with Crippen LogP contribution in [0.3, 0.4) is 0 Å². The van der Waals surface area contributed by atoms with Gasteiger partial charge in [0.05, 0.1) is 0 Å². The van der Waals surface area contributed by atoms with Gasteiger partial charge in [0.1, 0.15) is 12.1 Å². The van der Waals surface area contributed by atoms with Crippen LogP contribution in [0.15, 0.2) is 59.6 Å². The number of aliphatic hydroxyl groups is 1. The Kier molecular flexibility index (Phi) is 4.76. The molecular formula is C21H21ClN2O3. The van der Waals surface area contributed by atoms with Crippen molar-refractivity contribution in [3.05, 3.63) is 70.7 Å². The minimum Gasteiger partial charge on any atom is -0.468 e. The van der Waals surface area contributed by atoms with Gasteiger partial charge in [0.25, 0.3) is 0 Å². The molecule has 0 radical (unpaired) electrons. The standard InChI is InChI=1S/C21H21ClN2O3/c22-15-10-5-4-9-14(15)21-12-6-11-16(19(21)26)27-20(24-21)17(23)18(25)13-7-2-1-3-8-13/h1-5,7-10,16-18,25H,6,11-12,23H2/t16-,17?,18?,21-/m0/s1. The van der Waals surface area contributed by atoms with Crippen LogP contribution in [0, 0.1) is 0 Å². The first-order valence-corrected chi connectivity index (χ1v) is 9.45. The van der Waals surface area contributed by atoms with Crippen molar-refractivity contribution >= 4 is 23.3 Å². The highest BCUT2D eigenvalue weighted by atomic mass is 35.5. The zero-order chi connectivity index (χ0) is 19.0. The number of aliphatic imine (C=N–C) groups is 1. The maximum atomic E-state index is 13.1. The molecule has 1 aliphatic heterocycles. The topological polar surface area (TPSA) is 84.9 Å². The Morgan fingerprint density at radius 3 is 2.63 bits per heavy atom. The van der Waals surface area contributed by atoms with Gasteiger partial charge in [-0.05, 0) is 30.9 Å². The number of aliphatic hydroxyl groups excluding tert-OH is 1. The first kappa shape index (κ1) is 18.2. The van der Waals surface area contributed by atoms with Crippen LogP contribution in [0.1, 0.15) is 36.5 Å². The van der Waals surface area contributed by atoms with Gasteiger partial charge in [-0.15, -0.1) is 0 Å². The van der Waals surface area contributed by atoms with Crippen molar-refractivity contribution in [2.75, 3.05) is 0 Å². The predicted octanol–water partition coefficient (Wildman–Crippen LogP) is 3.15. The molecule has 2 aliphatic rings. The number of ether oxygens (including phenoxy) is 1. The van der Waals surface area contributed by atoms with E-state index in [1.807, 2.05) is 36.4 Å². The summed E-state index contributed by atoms with van der Waals surface area (Å²) < 4.78 is 5.83. The monoisotopic (exact) mass is 384 g/mol. The molecule has 0 saturated heterocycles. The highest BCUT2D eigenvalue weighted by molar-refractivity contribution is 6.32. The minimum atomic E-state index is -1.09. The second kappa shape index (κ2) is 7.08.